The molecule has 2 unspecified atom stereocenters. The summed E-state index contributed by atoms with van der Waals surface area (Å²) in [5, 5.41) is 12.6. The van der Waals surface area contributed by atoms with Crippen molar-refractivity contribution in [2.45, 2.75) is 58.2 Å². The molecule has 15 heavy (non-hydrogen) atoms. The molecule has 2 atom stereocenters. The SMILES string of the molecule is CCC(C#N)N(CC1CCCN1)C(C)C. The minimum atomic E-state index is 0.0763. The molecule has 1 rings (SSSR count). The lowest BCUT2D eigenvalue weighted by molar-refractivity contribution is 0.166. The number of hydrogen-bond acceptors (Lipinski definition) is 3. The van der Waals surface area contributed by atoms with Gasteiger partial charge in [0.15, 0.2) is 0 Å². The zero-order valence-corrected chi connectivity index (χ0v) is 10.2. The predicted molar refractivity (Wildman–Crippen MR) is 62.6 cm³/mol. The zero-order valence-electron chi connectivity index (χ0n) is 10.2. The third-order valence-corrected chi connectivity index (χ3v) is 3.19. The van der Waals surface area contributed by atoms with Gasteiger partial charge in [-0.05, 0) is 39.7 Å². The molecule has 1 saturated heterocycles. The summed E-state index contributed by atoms with van der Waals surface area (Å²) in [6.45, 7) is 8.60. The van der Waals surface area contributed by atoms with E-state index in [-0.39, 0.29) is 6.04 Å². The molecule has 0 saturated carbocycles. The van der Waals surface area contributed by atoms with E-state index in [1.54, 1.807) is 0 Å². The van der Waals surface area contributed by atoms with Crippen LogP contribution in [-0.4, -0.2) is 36.1 Å². The predicted octanol–water partition coefficient (Wildman–Crippen LogP) is 1.75. The van der Waals surface area contributed by atoms with Crippen LogP contribution in [0.1, 0.15) is 40.0 Å². The molecule has 0 radical (unpaired) electrons. The van der Waals surface area contributed by atoms with Crippen molar-refractivity contribution in [2.24, 2.45) is 0 Å². The molecule has 1 aliphatic rings. The second-order valence-electron chi connectivity index (χ2n) is 4.64. The van der Waals surface area contributed by atoms with Crippen molar-refractivity contribution in [2.75, 3.05) is 13.1 Å². The highest BCUT2D eigenvalue weighted by atomic mass is 15.2. The van der Waals surface area contributed by atoms with Gasteiger partial charge in [0, 0.05) is 18.6 Å². The van der Waals surface area contributed by atoms with Crippen molar-refractivity contribution in [1.82, 2.24) is 10.2 Å². The minimum absolute atomic E-state index is 0.0763. The van der Waals surface area contributed by atoms with E-state index in [1.807, 2.05) is 0 Å². The van der Waals surface area contributed by atoms with E-state index in [0.717, 1.165) is 19.5 Å². The van der Waals surface area contributed by atoms with Crippen molar-refractivity contribution >= 4 is 0 Å². The van der Waals surface area contributed by atoms with Gasteiger partial charge in [-0.15, -0.1) is 0 Å². The van der Waals surface area contributed by atoms with Gasteiger partial charge < -0.3 is 5.32 Å². The molecular weight excluding hydrogens is 186 g/mol. The van der Waals surface area contributed by atoms with Gasteiger partial charge in [-0.1, -0.05) is 6.92 Å². The molecule has 3 heteroatoms. The second kappa shape index (κ2) is 6.09. The Hall–Kier alpha value is -0.590. The monoisotopic (exact) mass is 209 g/mol. The maximum Gasteiger partial charge on any atom is 0.0977 e. The van der Waals surface area contributed by atoms with Gasteiger partial charge in [-0.2, -0.15) is 5.26 Å². The Morgan fingerprint density at radius 1 is 1.53 bits per heavy atom. The highest BCUT2D eigenvalue weighted by molar-refractivity contribution is 4.94. The first-order valence-electron chi connectivity index (χ1n) is 6.07. The van der Waals surface area contributed by atoms with E-state index < -0.39 is 0 Å². The molecule has 1 aliphatic heterocycles. The Bertz CT molecular complexity index is 213. The Balaban J connectivity index is 2.53. The minimum Gasteiger partial charge on any atom is -0.313 e. The van der Waals surface area contributed by atoms with E-state index in [0.29, 0.717) is 12.1 Å². The molecule has 1 N–H and O–H groups in total. The molecule has 1 fully saturated rings. The first-order valence-corrected chi connectivity index (χ1v) is 6.07. The third-order valence-electron chi connectivity index (χ3n) is 3.19. The van der Waals surface area contributed by atoms with E-state index in [9.17, 15) is 0 Å². The molecule has 1 heterocycles. The van der Waals surface area contributed by atoms with Crippen molar-refractivity contribution in [1.29, 1.82) is 5.26 Å². The van der Waals surface area contributed by atoms with Crippen LogP contribution < -0.4 is 5.32 Å². The van der Waals surface area contributed by atoms with Gasteiger partial charge in [0.05, 0.1) is 12.1 Å². The molecule has 86 valence electrons. The molecule has 0 aromatic rings. The van der Waals surface area contributed by atoms with E-state index in [1.165, 1.54) is 12.8 Å². The summed E-state index contributed by atoms with van der Waals surface area (Å²) in [6, 6.07) is 3.53. The van der Waals surface area contributed by atoms with E-state index in [2.05, 4.69) is 37.1 Å². The zero-order chi connectivity index (χ0) is 11.3. The molecule has 0 spiro atoms. The first kappa shape index (κ1) is 12.5. The lowest BCUT2D eigenvalue weighted by Crippen LogP contribution is -2.46. The lowest BCUT2D eigenvalue weighted by Gasteiger charge is -2.32. The standard InChI is InChI=1S/C12H23N3/c1-4-12(8-13)15(10(2)3)9-11-6-5-7-14-11/h10-12,14H,4-7,9H2,1-3H3. The molecule has 0 aromatic carbocycles. The van der Waals surface area contributed by atoms with Crippen molar-refractivity contribution in [3.63, 3.8) is 0 Å². The average Bonchev–Trinajstić information content (AvgIpc) is 2.70. The van der Waals surface area contributed by atoms with Gasteiger partial charge in [-0.3, -0.25) is 4.90 Å². The summed E-state index contributed by atoms with van der Waals surface area (Å²) in [5.74, 6) is 0. The number of rotatable bonds is 5. The van der Waals surface area contributed by atoms with Gasteiger partial charge in [0.1, 0.15) is 0 Å². The van der Waals surface area contributed by atoms with Gasteiger partial charge in [0.2, 0.25) is 0 Å². The normalized spacial score (nSPS) is 23.3. The Kier molecular flexibility index (Phi) is 5.07. The maximum absolute atomic E-state index is 9.11. The number of nitriles is 1. The van der Waals surface area contributed by atoms with Crippen LogP contribution in [0.5, 0.6) is 0 Å². The van der Waals surface area contributed by atoms with Gasteiger partial charge >= 0.3 is 0 Å². The molecule has 0 aromatic heterocycles. The van der Waals surface area contributed by atoms with Crippen molar-refractivity contribution in [3.8, 4) is 6.07 Å². The fraction of sp³-hybridized carbons (Fsp3) is 0.917. The molecular formula is C12H23N3. The van der Waals surface area contributed by atoms with Crippen LogP contribution in [0.15, 0.2) is 0 Å². The van der Waals surface area contributed by atoms with Crippen molar-refractivity contribution in [3.05, 3.63) is 0 Å². The van der Waals surface area contributed by atoms with Crippen molar-refractivity contribution < 1.29 is 0 Å². The largest absolute Gasteiger partial charge is 0.313 e. The van der Waals surface area contributed by atoms with Crippen LogP contribution in [0.25, 0.3) is 0 Å². The fourth-order valence-corrected chi connectivity index (χ4v) is 2.26. The smallest absolute Gasteiger partial charge is 0.0977 e. The van der Waals surface area contributed by atoms with E-state index >= 15 is 0 Å². The Morgan fingerprint density at radius 3 is 2.67 bits per heavy atom. The summed E-state index contributed by atoms with van der Waals surface area (Å²) in [6.07, 6.45) is 3.45. The van der Waals surface area contributed by atoms with Crippen LogP contribution in [0.4, 0.5) is 0 Å². The number of hydrogen-bond donors (Lipinski definition) is 1. The fourth-order valence-electron chi connectivity index (χ4n) is 2.26. The molecule has 0 amide bonds. The summed E-state index contributed by atoms with van der Waals surface area (Å²) in [4.78, 5) is 2.32. The van der Waals surface area contributed by atoms with Gasteiger partial charge in [0.25, 0.3) is 0 Å². The molecule has 0 bridgehead atoms. The maximum atomic E-state index is 9.11. The molecule has 3 nitrogen and oxygen atoms in total. The van der Waals surface area contributed by atoms with Crippen LogP contribution in [0, 0.1) is 11.3 Å². The summed E-state index contributed by atoms with van der Waals surface area (Å²) in [5.41, 5.74) is 0. The Morgan fingerprint density at radius 2 is 2.27 bits per heavy atom. The van der Waals surface area contributed by atoms with Gasteiger partial charge in [-0.25, -0.2) is 0 Å². The Labute approximate surface area is 93.5 Å². The van der Waals surface area contributed by atoms with Crippen LogP contribution in [0.2, 0.25) is 0 Å². The summed E-state index contributed by atoms with van der Waals surface area (Å²) in [7, 11) is 0. The van der Waals surface area contributed by atoms with Crippen LogP contribution in [-0.2, 0) is 0 Å². The lowest BCUT2D eigenvalue weighted by atomic mass is 10.1. The molecule has 0 aliphatic carbocycles. The highest BCUT2D eigenvalue weighted by Crippen LogP contribution is 2.13. The average molecular weight is 209 g/mol. The van der Waals surface area contributed by atoms with Crippen LogP contribution >= 0.6 is 0 Å². The quantitative estimate of drug-likeness (QED) is 0.750. The second-order valence-corrected chi connectivity index (χ2v) is 4.64. The highest BCUT2D eigenvalue weighted by Gasteiger charge is 2.24. The van der Waals surface area contributed by atoms with Crippen LogP contribution in [0.3, 0.4) is 0 Å². The van der Waals surface area contributed by atoms with E-state index in [4.69, 9.17) is 5.26 Å². The number of nitrogens with one attached hydrogen (secondary N) is 1. The third kappa shape index (κ3) is 3.48. The topological polar surface area (TPSA) is 39.1 Å². The summed E-state index contributed by atoms with van der Waals surface area (Å²) >= 11 is 0. The first-order chi connectivity index (χ1) is 7.19. The summed E-state index contributed by atoms with van der Waals surface area (Å²) < 4.78 is 0. The number of nitrogens with zero attached hydrogens (tertiary/aromatic N) is 2.